The molecule has 0 atom stereocenters. The summed E-state index contributed by atoms with van der Waals surface area (Å²) in [5, 5.41) is 3.19. The van der Waals surface area contributed by atoms with Crippen LogP contribution in [0.2, 0.25) is 0 Å². The summed E-state index contributed by atoms with van der Waals surface area (Å²) in [6, 6.07) is 0. The van der Waals surface area contributed by atoms with Crippen LogP contribution in [-0.2, 0) is 0 Å². The molecule has 0 radical (unpaired) electrons. The molecule has 0 saturated heterocycles. The van der Waals surface area contributed by atoms with Gasteiger partial charge >= 0.3 is 0 Å². The zero-order valence-electron chi connectivity index (χ0n) is 21.9. The first-order valence-corrected chi connectivity index (χ1v) is 14.5. The van der Waals surface area contributed by atoms with Gasteiger partial charge < -0.3 is 10.2 Å². The van der Waals surface area contributed by atoms with Crippen molar-refractivity contribution >= 4 is 29.2 Å². The fourth-order valence-corrected chi connectivity index (χ4v) is 3.91. The Labute approximate surface area is 208 Å². The average molecular weight is 475 g/mol. The Morgan fingerprint density at radius 1 is 0.613 bits per heavy atom. The largest absolute Gasteiger partial charge is 0.361 e. The molecule has 0 aliphatic carbocycles. The van der Waals surface area contributed by atoms with E-state index in [1.54, 1.807) is 0 Å². The third-order valence-corrected chi connectivity index (χ3v) is 6.61. The standard InChI is InChI=1S/C14H29NS2.C13H29N/c1-3-4-5-6-7-8-9-10-11-12-13-15(2)14(16)17;1-3-4-5-6-7-8-9-10-11-12-13-14-2/h3-13H2,1-2H3,(H,16,17);14H,3-13H2,1-2H3. The average Bonchev–Trinajstić information content (AvgIpc) is 2.76. The summed E-state index contributed by atoms with van der Waals surface area (Å²) in [5.41, 5.74) is 0. The van der Waals surface area contributed by atoms with Crippen LogP contribution in [0, 0.1) is 0 Å². The van der Waals surface area contributed by atoms with Crippen molar-refractivity contribution in [3.05, 3.63) is 0 Å². The molecule has 0 aromatic carbocycles. The second-order valence-corrected chi connectivity index (χ2v) is 10.3. The second-order valence-electron chi connectivity index (χ2n) is 9.17. The Morgan fingerprint density at radius 2 is 0.935 bits per heavy atom. The molecule has 0 aliphatic heterocycles. The van der Waals surface area contributed by atoms with Crippen molar-refractivity contribution in [3.63, 3.8) is 0 Å². The van der Waals surface area contributed by atoms with Crippen molar-refractivity contribution in [1.29, 1.82) is 0 Å². The van der Waals surface area contributed by atoms with E-state index in [1.165, 1.54) is 135 Å². The Balaban J connectivity index is 0. The highest BCUT2D eigenvalue weighted by Gasteiger charge is 1.98. The molecule has 0 aromatic rings. The molecular weight excluding hydrogens is 416 g/mol. The summed E-state index contributed by atoms with van der Waals surface area (Å²) in [5.74, 6) is 0. The minimum absolute atomic E-state index is 0.709. The number of thiol groups is 1. The van der Waals surface area contributed by atoms with Crippen LogP contribution in [0.1, 0.15) is 142 Å². The predicted octanol–water partition coefficient (Wildman–Crippen LogP) is 9.18. The summed E-state index contributed by atoms with van der Waals surface area (Å²) >= 11 is 9.13. The van der Waals surface area contributed by atoms with Crippen LogP contribution in [-0.4, -0.2) is 36.4 Å². The number of rotatable bonds is 22. The van der Waals surface area contributed by atoms with E-state index >= 15 is 0 Å². The van der Waals surface area contributed by atoms with E-state index in [0.29, 0.717) is 4.32 Å². The lowest BCUT2D eigenvalue weighted by molar-refractivity contribution is 0.475. The van der Waals surface area contributed by atoms with Crippen LogP contribution >= 0.6 is 24.8 Å². The Bertz CT molecular complexity index is 325. The SMILES string of the molecule is CCCCCCCCCCCCN(C)C(=S)S.CCCCCCCCCCCCNC. The first-order valence-electron chi connectivity index (χ1n) is 13.7. The third-order valence-electron chi connectivity index (χ3n) is 5.95. The van der Waals surface area contributed by atoms with Crippen molar-refractivity contribution in [3.8, 4) is 0 Å². The highest BCUT2D eigenvalue weighted by molar-refractivity contribution is 8.10. The number of nitrogens with zero attached hydrogens (tertiary/aromatic N) is 1. The lowest BCUT2D eigenvalue weighted by Gasteiger charge is -2.15. The highest BCUT2D eigenvalue weighted by atomic mass is 32.1. The number of nitrogens with one attached hydrogen (secondary N) is 1. The van der Waals surface area contributed by atoms with Crippen molar-refractivity contribution in [2.24, 2.45) is 0 Å². The van der Waals surface area contributed by atoms with Crippen LogP contribution < -0.4 is 5.32 Å². The zero-order valence-corrected chi connectivity index (χ0v) is 23.6. The number of thiocarbonyl (C=S) groups is 1. The van der Waals surface area contributed by atoms with Gasteiger partial charge in [0.1, 0.15) is 4.32 Å². The van der Waals surface area contributed by atoms with Gasteiger partial charge in [0.15, 0.2) is 0 Å². The van der Waals surface area contributed by atoms with E-state index in [9.17, 15) is 0 Å². The molecule has 2 nitrogen and oxygen atoms in total. The van der Waals surface area contributed by atoms with Gasteiger partial charge in [0, 0.05) is 13.6 Å². The highest BCUT2D eigenvalue weighted by Crippen LogP contribution is 2.11. The molecular formula is C27H58N2S2. The molecule has 4 heteroatoms. The van der Waals surface area contributed by atoms with E-state index in [2.05, 4.69) is 31.8 Å². The maximum atomic E-state index is 4.98. The summed E-state index contributed by atoms with van der Waals surface area (Å²) in [6.07, 6.45) is 28.1. The topological polar surface area (TPSA) is 15.3 Å². The van der Waals surface area contributed by atoms with Gasteiger partial charge in [-0.05, 0) is 26.4 Å². The van der Waals surface area contributed by atoms with E-state index < -0.39 is 0 Å². The number of unbranched alkanes of at least 4 members (excludes halogenated alkanes) is 18. The predicted molar refractivity (Wildman–Crippen MR) is 152 cm³/mol. The quantitative estimate of drug-likeness (QED) is 0.0924. The molecule has 188 valence electrons. The fourth-order valence-electron chi connectivity index (χ4n) is 3.72. The maximum Gasteiger partial charge on any atom is 0.133 e. The molecule has 1 N–H and O–H groups in total. The van der Waals surface area contributed by atoms with E-state index in [0.717, 1.165) is 6.54 Å². The smallest absolute Gasteiger partial charge is 0.133 e. The van der Waals surface area contributed by atoms with Gasteiger partial charge in [-0.25, -0.2) is 0 Å². The molecule has 0 aliphatic rings. The molecule has 0 rings (SSSR count). The Kier molecular flexibility index (Phi) is 32.5. The number of hydrogen-bond donors (Lipinski definition) is 2. The molecule has 0 amide bonds. The normalized spacial score (nSPS) is 10.6. The van der Waals surface area contributed by atoms with Crippen LogP contribution in [0.25, 0.3) is 0 Å². The maximum absolute atomic E-state index is 4.98. The van der Waals surface area contributed by atoms with E-state index in [-0.39, 0.29) is 0 Å². The summed E-state index contributed by atoms with van der Waals surface area (Å²) in [6.45, 7) is 6.80. The first-order chi connectivity index (χ1) is 15.1. The molecule has 0 saturated carbocycles. The minimum Gasteiger partial charge on any atom is -0.361 e. The van der Waals surface area contributed by atoms with Crippen LogP contribution in [0.5, 0.6) is 0 Å². The molecule has 0 aromatic heterocycles. The van der Waals surface area contributed by atoms with Gasteiger partial charge in [0.2, 0.25) is 0 Å². The molecule has 31 heavy (non-hydrogen) atoms. The summed E-state index contributed by atoms with van der Waals surface area (Å²) in [7, 11) is 4.05. The third kappa shape index (κ3) is 32.5. The van der Waals surface area contributed by atoms with Crippen molar-refractivity contribution in [1.82, 2.24) is 10.2 Å². The van der Waals surface area contributed by atoms with Crippen molar-refractivity contribution in [2.45, 2.75) is 142 Å². The fraction of sp³-hybridized carbons (Fsp3) is 0.963. The molecule has 0 unspecified atom stereocenters. The van der Waals surface area contributed by atoms with Gasteiger partial charge in [-0.15, -0.1) is 12.6 Å². The molecule has 0 bridgehead atoms. The summed E-state index contributed by atoms with van der Waals surface area (Å²) in [4.78, 5) is 2.04. The monoisotopic (exact) mass is 474 g/mol. The summed E-state index contributed by atoms with van der Waals surface area (Å²) < 4.78 is 0.709. The molecule has 0 heterocycles. The van der Waals surface area contributed by atoms with Crippen molar-refractivity contribution in [2.75, 3.05) is 27.2 Å². The van der Waals surface area contributed by atoms with Crippen molar-refractivity contribution < 1.29 is 0 Å². The molecule has 0 spiro atoms. The van der Waals surface area contributed by atoms with Crippen LogP contribution in [0.15, 0.2) is 0 Å². The second kappa shape index (κ2) is 30.2. The first kappa shape index (κ1) is 33.4. The van der Waals surface area contributed by atoms with Gasteiger partial charge in [-0.2, -0.15) is 0 Å². The van der Waals surface area contributed by atoms with E-state index in [1.807, 2.05) is 19.0 Å². The lowest BCUT2D eigenvalue weighted by Crippen LogP contribution is -2.21. The lowest BCUT2D eigenvalue weighted by atomic mass is 10.1. The Hall–Kier alpha value is 0.200. The van der Waals surface area contributed by atoms with E-state index in [4.69, 9.17) is 12.2 Å². The molecule has 0 fully saturated rings. The van der Waals surface area contributed by atoms with Crippen LogP contribution in [0.3, 0.4) is 0 Å². The van der Waals surface area contributed by atoms with Gasteiger partial charge in [0.05, 0.1) is 0 Å². The van der Waals surface area contributed by atoms with Gasteiger partial charge in [-0.3, -0.25) is 0 Å². The number of hydrogen-bond acceptors (Lipinski definition) is 2. The minimum atomic E-state index is 0.709. The van der Waals surface area contributed by atoms with Gasteiger partial charge in [0.25, 0.3) is 0 Å². The van der Waals surface area contributed by atoms with Gasteiger partial charge in [-0.1, -0.05) is 142 Å². The zero-order chi connectivity index (χ0) is 23.4. The Morgan fingerprint density at radius 3 is 1.26 bits per heavy atom. The van der Waals surface area contributed by atoms with Crippen LogP contribution in [0.4, 0.5) is 0 Å².